The van der Waals surface area contributed by atoms with Gasteiger partial charge in [-0.2, -0.15) is 0 Å². The zero-order valence-electron chi connectivity index (χ0n) is 11.9. The first-order chi connectivity index (χ1) is 9.80. The average Bonchev–Trinajstić information content (AvgIpc) is 2.89. The number of oxazole rings is 1. The Balaban J connectivity index is 1.76. The third-order valence-electron chi connectivity index (χ3n) is 4.44. The van der Waals surface area contributed by atoms with Gasteiger partial charge in [0, 0.05) is 5.25 Å². The van der Waals surface area contributed by atoms with E-state index in [2.05, 4.69) is 11.9 Å². The standard InChI is InChI=1S/C16H22N2OS/c1-2-11-7-8-12(10-17)15(9-11)20-16-18-13-5-3-4-6-14(13)19-16/h3-6,11-12,15H,2,7-10,17H2,1H3. The third kappa shape index (κ3) is 2.86. The molecule has 0 amide bonds. The number of nitrogens with zero attached hydrogens (tertiary/aromatic N) is 1. The quantitative estimate of drug-likeness (QED) is 0.922. The molecule has 2 aromatic rings. The fourth-order valence-electron chi connectivity index (χ4n) is 3.09. The van der Waals surface area contributed by atoms with Crippen molar-refractivity contribution in [1.82, 2.24) is 4.98 Å². The smallest absolute Gasteiger partial charge is 0.257 e. The summed E-state index contributed by atoms with van der Waals surface area (Å²) in [5, 5.41) is 1.35. The van der Waals surface area contributed by atoms with E-state index in [0.29, 0.717) is 11.2 Å². The van der Waals surface area contributed by atoms with Gasteiger partial charge in [-0.3, -0.25) is 0 Å². The highest BCUT2D eigenvalue weighted by Crippen LogP contribution is 2.40. The van der Waals surface area contributed by atoms with Gasteiger partial charge in [0.1, 0.15) is 5.52 Å². The highest BCUT2D eigenvalue weighted by Gasteiger charge is 2.30. The lowest BCUT2D eigenvalue weighted by Crippen LogP contribution is -2.32. The second-order valence-corrected chi connectivity index (χ2v) is 6.88. The first-order valence-corrected chi connectivity index (χ1v) is 8.40. The van der Waals surface area contributed by atoms with Gasteiger partial charge in [0.05, 0.1) is 0 Å². The molecule has 1 heterocycles. The average molecular weight is 290 g/mol. The summed E-state index contributed by atoms with van der Waals surface area (Å²) in [6.45, 7) is 3.06. The van der Waals surface area contributed by atoms with Crippen LogP contribution in [0.2, 0.25) is 0 Å². The third-order valence-corrected chi connectivity index (χ3v) is 5.70. The van der Waals surface area contributed by atoms with Gasteiger partial charge in [0.25, 0.3) is 5.22 Å². The summed E-state index contributed by atoms with van der Waals surface area (Å²) >= 11 is 1.78. The summed E-state index contributed by atoms with van der Waals surface area (Å²) in [7, 11) is 0. The molecule has 1 aromatic heterocycles. The Morgan fingerprint density at radius 3 is 2.95 bits per heavy atom. The molecule has 3 unspecified atom stereocenters. The molecule has 1 aliphatic carbocycles. The summed E-state index contributed by atoms with van der Waals surface area (Å²) in [6.07, 6.45) is 5.07. The maximum absolute atomic E-state index is 5.94. The minimum Gasteiger partial charge on any atom is -0.431 e. The number of nitrogens with two attached hydrogens (primary N) is 1. The highest BCUT2D eigenvalue weighted by molar-refractivity contribution is 7.99. The van der Waals surface area contributed by atoms with Crippen molar-refractivity contribution < 1.29 is 4.42 Å². The van der Waals surface area contributed by atoms with Crippen LogP contribution in [0.4, 0.5) is 0 Å². The van der Waals surface area contributed by atoms with Crippen LogP contribution >= 0.6 is 11.8 Å². The van der Waals surface area contributed by atoms with Crippen molar-refractivity contribution in [3.63, 3.8) is 0 Å². The molecule has 1 aliphatic rings. The molecule has 2 N–H and O–H groups in total. The van der Waals surface area contributed by atoms with Crippen LogP contribution in [0.25, 0.3) is 11.1 Å². The normalized spacial score (nSPS) is 27.0. The van der Waals surface area contributed by atoms with E-state index in [4.69, 9.17) is 10.2 Å². The summed E-state index contributed by atoms with van der Waals surface area (Å²) in [5.74, 6) is 1.43. The fraction of sp³-hybridized carbons (Fsp3) is 0.562. The van der Waals surface area contributed by atoms with Crippen molar-refractivity contribution in [2.45, 2.75) is 43.1 Å². The molecule has 0 radical (unpaired) electrons. The van der Waals surface area contributed by atoms with Crippen LogP contribution in [0.15, 0.2) is 33.9 Å². The predicted molar refractivity (Wildman–Crippen MR) is 83.8 cm³/mol. The van der Waals surface area contributed by atoms with E-state index in [1.165, 1.54) is 25.7 Å². The number of thioether (sulfide) groups is 1. The molecular formula is C16H22N2OS. The zero-order valence-corrected chi connectivity index (χ0v) is 12.7. The summed E-state index contributed by atoms with van der Waals surface area (Å²) in [5.41, 5.74) is 7.77. The van der Waals surface area contributed by atoms with Gasteiger partial charge >= 0.3 is 0 Å². The minimum atomic E-state index is 0.548. The number of hydrogen-bond acceptors (Lipinski definition) is 4. The Hall–Kier alpha value is -1.00. The Morgan fingerprint density at radius 1 is 1.35 bits per heavy atom. The lowest BCUT2D eigenvalue weighted by atomic mass is 9.80. The van der Waals surface area contributed by atoms with Gasteiger partial charge in [0.15, 0.2) is 5.58 Å². The molecule has 0 bridgehead atoms. The molecule has 0 aliphatic heterocycles. The molecule has 1 fully saturated rings. The van der Waals surface area contributed by atoms with Crippen LogP contribution in [0.5, 0.6) is 0 Å². The Morgan fingerprint density at radius 2 is 2.20 bits per heavy atom. The molecule has 4 heteroatoms. The van der Waals surface area contributed by atoms with E-state index in [-0.39, 0.29) is 0 Å². The van der Waals surface area contributed by atoms with Crippen molar-refractivity contribution in [2.75, 3.05) is 6.54 Å². The van der Waals surface area contributed by atoms with E-state index in [9.17, 15) is 0 Å². The lowest BCUT2D eigenvalue weighted by molar-refractivity contribution is 0.282. The van der Waals surface area contributed by atoms with Gasteiger partial charge < -0.3 is 10.2 Å². The van der Waals surface area contributed by atoms with Crippen molar-refractivity contribution >= 4 is 22.9 Å². The van der Waals surface area contributed by atoms with Gasteiger partial charge in [-0.1, -0.05) is 43.7 Å². The number of benzene rings is 1. The van der Waals surface area contributed by atoms with Crippen LogP contribution in [-0.4, -0.2) is 16.8 Å². The molecule has 3 atom stereocenters. The Labute approximate surface area is 124 Å². The summed E-state index contributed by atoms with van der Waals surface area (Å²) in [6, 6.07) is 7.95. The molecule has 20 heavy (non-hydrogen) atoms. The predicted octanol–water partition coefficient (Wildman–Crippen LogP) is 4.07. The molecule has 0 spiro atoms. The Bertz CT molecular complexity index is 535. The Kier molecular flexibility index (Phi) is 4.32. The number of rotatable bonds is 4. The molecule has 3 rings (SSSR count). The number of aromatic nitrogens is 1. The van der Waals surface area contributed by atoms with Crippen LogP contribution in [0.1, 0.15) is 32.6 Å². The van der Waals surface area contributed by atoms with Crippen molar-refractivity contribution in [3.8, 4) is 0 Å². The van der Waals surface area contributed by atoms with E-state index in [1.54, 1.807) is 11.8 Å². The van der Waals surface area contributed by atoms with Gasteiger partial charge in [-0.05, 0) is 43.4 Å². The van der Waals surface area contributed by atoms with Crippen molar-refractivity contribution in [1.29, 1.82) is 0 Å². The molecular weight excluding hydrogens is 268 g/mol. The van der Waals surface area contributed by atoms with Gasteiger partial charge in [-0.15, -0.1) is 0 Å². The van der Waals surface area contributed by atoms with Crippen LogP contribution in [0.3, 0.4) is 0 Å². The number of hydrogen-bond donors (Lipinski definition) is 1. The van der Waals surface area contributed by atoms with Gasteiger partial charge in [0.2, 0.25) is 0 Å². The maximum atomic E-state index is 5.94. The molecule has 1 saturated carbocycles. The summed E-state index contributed by atoms with van der Waals surface area (Å²) < 4.78 is 5.84. The van der Waals surface area contributed by atoms with E-state index < -0.39 is 0 Å². The first-order valence-electron chi connectivity index (χ1n) is 7.52. The van der Waals surface area contributed by atoms with E-state index >= 15 is 0 Å². The first kappa shape index (κ1) is 14.0. The molecule has 0 saturated heterocycles. The minimum absolute atomic E-state index is 0.548. The van der Waals surface area contributed by atoms with Crippen molar-refractivity contribution in [2.24, 2.45) is 17.6 Å². The second kappa shape index (κ2) is 6.19. The van der Waals surface area contributed by atoms with Crippen LogP contribution in [-0.2, 0) is 0 Å². The summed E-state index contributed by atoms with van der Waals surface area (Å²) in [4.78, 5) is 4.58. The van der Waals surface area contributed by atoms with Gasteiger partial charge in [-0.25, -0.2) is 4.98 Å². The van der Waals surface area contributed by atoms with Crippen molar-refractivity contribution in [3.05, 3.63) is 24.3 Å². The SMILES string of the molecule is CCC1CCC(CN)C(Sc2nc3ccccc3o2)C1. The highest BCUT2D eigenvalue weighted by atomic mass is 32.2. The molecule has 1 aromatic carbocycles. The topological polar surface area (TPSA) is 52.0 Å². The molecule has 3 nitrogen and oxygen atoms in total. The maximum Gasteiger partial charge on any atom is 0.257 e. The zero-order chi connectivity index (χ0) is 13.9. The second-order valence-electron chi connectivity index (χ2n) is 5.69. The largest absolute Gasteiger partial charge is 0.431 e. The fourth-order valence-corrected chi connectivity index (χ4v) is 4.45. The number of para-hydroxylation sites is 2. The lowest BCUT2D eigenvalue weighted by Gasteiger charge is -2.34. The monoisotopic (exact) mass is 290 g/mol. The number of fused-ring (bicyclic) bond motifs is 1. The molecule has 108 valence electrons. The van der Waals surface area contributed by atoms with E-state index in [1.807, 2.05) is 24.3 Å². The van der Waals surface area contributed by atoms with Crippen LogP contribution in [0, 0.1) is 11.8 Å². The van der Waals surface area contributed by atoms with Crippen LogP contribution < -0.4 is 5.73 Å². The van der Waals surface area contributed by atoms with E-state index in [0.717, 1.165) is 28.8 Å².